The van der Waals surface area contributed by atoms with Gasteiger partial charge in [0, 0.05) is 13.1 Å². The quantitative estimate of drug-likeness (QED) is 0.241. The molecule has 1 heterocycles. The van der Waals surface area contributed by atoms with Crippen LogP contribution in [0.15, 0.2) is 0 Å². The standard InChI is InChI=1S/C4H9NO.CH3NS2.Na/c1-3-6-4-2-5-1;2-1(3)4;/h5H,1-4H2;(H3,2,3,4);/q;;+1/p-1. The molecule has 0 spiro atoms. The molecule has 1 aliphatic heterocycles. The molecule has 0 aromatic carbocycles. The average molecular weight is 202 g/mol. The van der Waals surface area contributed by atoms with Crippen LogP contribution in [0.4, 0.5) is 0 Å². The van der Waals surface area contributed by atoms with Crippen LogP contribution in [0.1, 0.15) is 0 Å². The Hall–Kier alpha value is 1.03. The van der Waals surface area contributed by atoms with Gasteiger partial charge in [-0.1, -0.05) is 4.32 Å². The maximum atomic E-state index is 5.01. The summed E-state index contributed by atoms with van der Waals surface area (Å²) in [4.78, 5) is 0. The van der Waals surface area contributed by atoms with E-state index in [1.807, 2.05) is 0 Å². The van der Waals surface area contributed by atoms with Gasteiger partial charge in [-0.3, -0.25) is 0 Å². The van der Waals surface area contributed by atoms with Crippen LogP contribution in [0.3, 0.4) is 0 Å². The van der Waals surface area contributed by atoms with Crippen LogP contribution in [0.25, 0.3) is 0 Å². The third-order valence-corrected chi connectivity index (χ3v) is 0.846. The van der Waals surface area contributed by atoms with Crippen LogP contribution in [-0.4, -0.2) is 30.6 Å². The van der Waals surface area contributed by atoms with E-state index in [9.17, 15) is 0 Å². The van der Waals surface area contributed by atoms with Crippen molar-refractivity contribution in [2.75, 3.05) is 26.3 Å². The van der Waals surface area contributed by atoms with Crippen molar-refractivity contribution in [2.45, 2.75) is 0 Å². The van der Waals surface area contributed by atoms with Crippen molar-refractivity contribution < 1.29 is 34.3 Å². The van der Waals surface area contributed by atoms with Crippen molar-refractivity contribution in [1.29, 1.82) is 0 Å². The number of rotatable bonds is 0. The number of hydrogen-bond donors (Lipinski definition) is 2. The van der Waals surface area contributed by atoms with E-state index in [0.717, 1.165) is 26.3 Å². The van der Waals surface area contributed by atoms with Crippen LogP contribution in [-0.2, 0) is 17.4 Å². The van der Waals surface area contributed by atoms with Crippen LogP contribution < -0.4 is 40.6 Å². The Balaban J connectivity index is 0. The second-order valence-electron chi connectivity index (χ2n) is 1.68. The summed E-state index contributed by atoms with van der Waals surface area (Å²) < 4.78 is 5.09. The molecule has 11 heavy (non-hydrogen) atoms. The molecule has 1 aliphatic rings. The minimum Gasteiger partial charge on any atom is -0.415 e. The molecule has 0 atom stereocenters. The fraction of sp³-hybridized carbons (Fsp3) is 0.800. The number of morpholine rings is 1. The maximum Gasteiger partial charge on any atom is 1.00 e. The molecule has 0 radical (unpaired) electrons. The fourth-order valence-electron chi connectivity index (χ4n) is 0.516. The largest absolute Gasteiger partial charge is 1.00 e. The van der Waals surface area contributed by atoms with Gasteiger partial charge in [-0.2, -0.15) is 0 Å². The topological polar surface area (TPSA) is 47.3 Å². The zero-order chi connectivity index (χ0) is 7.82. The number of nitrogens with one attached hydrogen (secondary N) is 1. The van der Waals surface area contributed by atoms with Crippen LogP contribution in [0, 0.1) is 0 Å². The van der Waals surface area contributed by atoms with E-state index < -0.39 is 0 Å². The minimum absolute atomic E-state index is 0. The summed E-state index contributed by atoms with van der Waals surface area (Å²) in [7, 11) is 0. The van der Waals surface area contributed by atoms with Crippen molar-refractivity contribution in [1.82, 2.24) is 5.32 Å². The number of thiocarbonyl (C=S) groups is 1. The normalized spacial score (nSPS) is 15.3. The summed E-state index contributed by atoms with van der Waals surface area (Å²) >= 11 is 8.26. The number of ether oxygens (including phenoxy) is 1. The Bertz CT molecular complexity index is 85.0. The second-order valence-corrected chi connectivity index (χ2v) is 2.82. The summed E-state index contributed by atoms with van der Waals surface area (Å²) in [6.07, 6.45) is 0. The first-order chi connectivity index (χ1) is 4.73. The van der Waals surface area contributed by atoms with E-state index in [4.69, 9.17) is 4.74 Å². The average Bonchev–Trinajstić information content (AvgIpc) is 1.90. The number of nitrogens with two attached hydrogens (primary N) is 1. The molecule has 0 amide bonds. The third kappa shape index (κ3) is 18.2. The van der Waals surface area contributed by atoms with Gasteiger partial charge in [-0.15, -0.1) is 0 Å². The minimum atomic E-state index is 0. The van der Waals surface area contributed by atoms with E-state index >= 15 is 0 Å². The van der Waals surface area contributed by atoms with Crippen molar-refractivity contribution in [3.63, 3.8) is 0 Å². The predicted octanol–water partition coefficient (Wildman–Crippen LogP) is -3.61. The molecule has 6 heteroatoms. The summed E-state index contributed by atoms with van der Waals surface area (Å²) in [6, 6.07) is 0. The van der Waals surface area contributed by atoms with Gasteiger partial charge in [0.2, 0.25) is 0 Å². The SMILES string of the molecule is C1COCCN1.NC(=S)[S-].[Na+]. The Morgan fingerprint density at radius 2 is 1.82 bits per heavy atom. The van der Waals surface area contributed by atoms with Crippen molar-refractivity contribution >= 4 is 29.2 Å². The Labute approximate surface area is 100 Å². The second kappa shape index (κ2) is 11.0. The first kappa shape index (κ1) is 14.5. The van der Waals surface area contributed by atoms with E-state index in [1.165, 1.54) is 0 Å². The van der Waals surface area contributed by atoms with Gasteiger partial charge in [0.25, 0.3) is 0 Å². The maximum absolute atomic E-state index is 5.01. The molecule has 1 fully saturated rings. The van der Waals surface area contributed by atoms with Crippen molar-refractivity contribution in [2.24, 2.45) is 5.73 Å². The van der Waals surface area contributed by atoms with Gasteiger partial charge >= 0.3 is 29.6 Å². The van der Waals surface area contributed by atoms with Gasteiger partial charge < -0.3 is 40.6 Å². The van der Waals surface area contributed by atoms with Crippen molar-refractivity contribution in [3.05, 3.63) is 0 Å². The Kier molecular flexibility index (Phi) is 14.6. The van der Waals surface area contributed by atoms with Gasteiger partial charge in [-0.25, -0.2) is 0 Å². The van der Waals surface area contributed by atoms with E-state index in [-0.39, 0.29) is 33.9 Å². The molecular weight excluding hydrogens is 191 g/mol. The molecule has 3 nitrogen and oxygen atoms in total. The van der Waals surface area contributed by atoms with E-state index in [1.54, 1.807) is 0 Å². The number of hydrogen-bond acceptors (Lipinski definition) is 4. The molecule has 3 N–H and O–H groups in total. The molecule has 0 saturated carbocycles. The Morgan fingerprint density at radius 3 is 1.91 bits per heavy atom. The van der Waals surface area contributed by atoms with Gasteiger partial charge in [0.05, 0.1) is 13.2 Å². The predicted molar refractivity (Wildman–Crippen MR) is 47.8 cm³/mol. The van der Waals surface area contributed by atoms with Gasteiger partial charge in [0.15, 0.2) is 0 Å². The smallest absolute Gasteiger partial charge is 0.415 e. The van der Waals surface area contributed by atoms with Crippen LogP contribution in [0.2, 0.25) is 0 Å². The molecule has 1 saturated heterocycles. The fourth-order valence-corrected chi connectivity index (χ4v) is 0.516. The molecule has 0 unspecified atom stereocenters. The first-order valence-electron chi connectivity index (χ1n) is 2.98. The van der Waals surface area contributed by atoms with Crippen LogP contribution >= 0.6 is 12.2 Å². The van der Waals surface area contributed by atoms with E-state index in [0.29, 0.717) is 0 Å². The Morgan fingerprint density at radius 1 is 1.45 bits per heavy atom. The third-order valence-electron chi connectivity index (χ3n) is 0.846. The molecule has 60 valence electrons. The molecule has 0 bridgehead atoms. The summed E-state index contributed by atoms with van der Waals surface area (Å²) in [6.45, 7) is 3.83. The summed E-state index contributed by atoms with van der Waals surface area (Å²) in [5.41, 5.74) is 4.66. The summed E-state index contributed by atoms with van der Waals surface area (Å²) in [5.74, 6) is 0. The molecular formula is C5H11N2NaOS2. The van der Waals surface area contributed by atoms with Gasteiger partial charge in [-0.05, 0) is 0 Å². The molecule has 0 aromatic heterocycles. The first-order valence-corrected chi connectivity index (χ1v) is 3.80. The van der Waals surface area contributed by atoms with Crippen LogP contribution in [0.5, 0.6) is 0 Å². The van der Waals surface area contributed by atoms with Crippen molar-refractivity contribution in [3.8, 4) is 0 Å². The molecule has 0 aromatic rings. The van der Waals surface area contributed by atoms with Gasteiger partial charge in [0.1, 0.15) is 0 Å². The monoisotopic (exact) mass is 202 g/mol. The molecule has 1 rings (SSSR count). The summed E-state index contributed by atoms with van der Waals surface area (Å²) in [5, 5.41) is 3.16. The molecule has 0 aliphatic carbocycles. The zero-order valence-corrected chi connectivity index (χ0v) is 10.3. The van der Waals surface area contributed by atoms with E-state index in [2.05, 4.69) is 35.9 Å². The zero-order valence-electron chi connectivity index (χ0n) is 6.63.